The average Bonchev–Trinajstić information content (AvgIpc) is 2.61. The first-order valence-electron chi connectivity index (χ1n) is 7.24. The minimum atomic E-state index is 0.478. The Morgan fingerprint density at radius 1 is 0.739 bits per heavy atom. The second-order valence-electron chi connectivity index (χ2n) is 4.92. The van der Waals surface area contributed by atoms with Gasteiger partial charge in [-0.2, -0.15) is 10.2 Å². The standard InChI is InChI=1S/C19H15ClN2O/c20-18-13-17(22-21-16-9-5-2-6-10-16)11-12-19(18)23-14-15-7-3-1-4-8-15/h1-13H,14H2. The van der Waals surface area contributed by atoms with Crippen molar-refractivity contribution in [3.8, 4) is 5.75 Å². The molecule has 23 heavy (non-hydrogen) atoms. The zero-order valence-corrected chi connectivity index (χ0v) is 13.1. The molecule has 0 aliphatic rings. The van der Waals surface area contributed by atoms with E-state index in [2.05, 4.69) is 10.2 Å². The Hall–Kier alpha value is -2.65. The number of ether oxygens (including phenoxy) is 1. The van der Waals surface area contributed by atoms with Gasteiger partial charge in [-0.05, 0) is 35.9 Å². The number of benzene rings is 3. The lowest BCUT2D eigenvalue weighted by atomic mass is 10.2. The van der Waals surface area contributed by atoms with Gasteiger partial charge in [-0.3, -0.25) is 0 Å². The van der Waals surface area contributed by atoms with Gasteiger partial charge in [0, 0.05) is 0 Å². The number of azo groups is 1. The Bertz CT molecular complexity index is 789. The van der Waals surface area contributed by atoms with E-state index in [1.54, 1.807) is 6.07 Å². The van der Waals surface area contributed by atoms with Gasteiger partial charge in [0.1, 0.15) is 12.4 Å². The molecule has 0 amide bonds. The highest BCUT2D eigenvalue weighted by Crippen LogP contribution is 2.30. The molecule has 0 aliphatic heterocycles. The second kappa shape index (κ2) is 7.56. The van der Waals surface area contributed by atoms with Crippen LogP contribution in [0.5, 0.6) is 5.75 Å². The van der Waals surface area contributed by atoms with Crippen molar-refractivity contribution in [3.05, 3.63) is 89.4 Å². The van der Waals surface area contributed by atoms with E-state index in [0.717, 1.165) is 11.3 Å². The minimum absolute atomic E-state index is 0.478. The molecule has 0 aromatic heterocycles. The summed E-state index contributed by atoms with van der Waals surface area (Å²) in [6.45, 7) is 0.478. The molecule has 0 saturated heterocycles. The molecule has 3 aromatic rings. The van der Waals surface area contributed by atoms with E-state index < -0.39 is 0 Å². The molecule has 0 unspecified atom stereocenters. The summed E-state index contributed by atoms with van der Waals surface area (Å²) in [6.07, 6.45) is 0. The summed E-state index contributed by atoms with van der Waals surface area (Å²) in [4.78, 5) is 0. The molecular formula is C19H15ClN2O. The molecular weight excluding hydrogens is 308 g/mol. The van der Waals surface area contributed by atoms with Crippen LogP contribution in [-0.4, -0.2) is 0 Å². The summed E-state index contributed by atoms with van der Waals surface area (Å²) in [5.74, 6) is 0.634. The van der Waals surface area contributed by atoms with Gasteiger partial charge in [0.05, 0.1) is 16.4 Å². The summed E-state index contributed by atoms with van der Waals surface area (Å²) in [6, 6.07) is 24.9. The molecule has 0 spiro atoms. The van der Waals surface area contributed by atoms with Gasteiger partial charge in [-0.1, -0.05) is 60.1 Å². The van der Waals surface area contributed by atoms with Gasteiger partial charge >= 0.3 is 0 Å². The molecule has 4 heteroatoms. The predicted octanol–water partition coefficient (Wildman–Crippen LogP) is 6.33. The third-order valence-electron chi connectivity index (χ3n) is 3.19. The third kappa shape index (κ3) is 4.41. The van der Waals surface area contributed by atoms with Crippen LogP contribution >= 0.6 is 11.6 Å². The van der Waals surface area contributed by atoms with Crippen LogP contribution in [0, 0.1) is 0 Å². The number of nitrogens with zero attached hydrogens (tertiary/aromatic N) is 2. The highest BCUT2D eigenvalue weighted by atomic mass is 35.5. The van der Waals surface area contributed by atoms with Crippen LogP contribution in [0.3, 0.4) is 0 Å². The van der Waals surface area contributed by atoms with Crippen LogP contribution < -0.4 is 4.74 Å². The van der Waals surface area contributed by atoms with E-state index >= 15 is 0 Å². The summed E-state index contributed by atoms with van der Waals surface area (Å²) in [5.41, 5.74) is 2.58. The van der Waals surface area contributed by atoms with Crippen LogP contribution in [0.4, 0.5) is 11.4 Å². The number of hydrogen-bond acceptors (Lipinski definition) is 3. The van der Waals surface area contributed by atoms with E-state index in [-0.39, 0.29) is 0 Å². The van der Waals surface area contributed by atoms with Gasteiger partial charge in [0.25, 0.3) is 0 Å². The molecule has 114 valence electrons. The molecule has 0 N–H and O–H groups in total. The summed E-state index contributed by atoms with van der Waals surface area (Å²) in [7, 11) is 0. The zero-order chi connectivity index (χ0) is 15.9. The predicted molar refractivity (Wildman–Crippen MR) is 92.8 cm³/mol. The van der Waals surface area contributed by atoms with E-state index in [1.807, 2.05) is 72.8 Å². The quantitative estimate of drug-likeness (QED) is 0.505. The second-order valence-corrected chi connectivity index (χ2v) is 5.33. The molecule has 0 saturated carbocycles. The Labute approximate surface area is 140 Å². The van der Waals surface area contributed by atoms with Gasteiger partial charge < -0.3 is 4.74 Å². The van der Waals surface area contributed by atoms with Crippen molar-refractivity contribution >= 4 is 23.0 Å². The fourth-order valence-corrected chi connectivity index (χ4v) is 2.24. The maximum atomic E-state index is 6.25. The van der Waals surface area contributed by atoms with E-state index in [9.17, 15) is 0 Å². The fourth-order valence-electron chi connectivity index (χ4n) is 2.01. The van der Waals surface area contributed by atoms with Crippen molar-refractivity contribution in [1.29, 1.82) is 0 Å². The minimum Gasteiger partial charge on any atom is -0.487 e. The van der Waals surface area contributed by atoms with Crippen LogP contribution in [0.2, 0.25) is 5.02 Å². The Morgan fingerprint density at radius 3 is 2.09 bits per heavy atom. The lowest BCUT2D eigenvalue weighted by Crippen LogP contribution is -1.95. The SMILES string of the molecule is Clc1cc(N=Nc2ccccc2)ccc1OCc1ccccc1. The normalized spacial score (nSPS) is 10.8. The number of rotatable bonds is 5. The zero-order valence-electron chi connectivity index (χ0n) is 12.4. The Kier molecular flexibility index (Phi) is 5.02. The number of halogens is 1. The lowest BCUT2D eigenvalue weighted by Gasteiger charge is -2.08. The molecule has 3 rings (SSSR count). The highest BCUT2D eigenvalue weighted by molar-refractivity contribution is 6.32. The Balaban J connectivity index is 1.67. The molecule has 0 fully saturated rings. The molecule has 3 nitrogen and oxygen atoms in total. The fraction of sp³-hybridized carbons (Fsp3) is 0.0526. The average molecular weight is 323 g/mol. The van der Waals surface area contributed by atoms with Crippen molar-refractivity contribution in [2.24, 2.45) is 10.2 Å². The monoisotopic (exact) mass is 322 g/mol. The van der Waals surface area contributed by atoms with Crippen molar-refractivity contribution < 1.29 is 4.74 Å². The first kappa shape index (κ1) is 15.3. The number of hydrogen-bond donors (Lipinski definition) is 0. The molecule has 0 atom stereocenters. The summed E-state index contributed by atoms with van der Waals surface area (Å²) < 4.78 is 5.74. The van der Waals surface area contributed by atoms with Gasteiger partial charge in [-0.25, -0.2) is 0 Å². The van der Waals surface area contributed by atoms with Gasteiger partial charge in [0.15, 0.2) is 0 Å². The largest absolute Gasteiger partial charge is 0.487 e. The first-order valence-corrected chi connectivity index (χ1v) is 7.62. The summed E-state index contributed by atoms with van der Waals surface area (Å²) >= 11 is 6.25. The van der Waals surface area contributed by atoms with Crippen molar-refractivity contribution in [3.63, 3.8) is 0 Å². The molecule has 0 heterocycles. The van der Waals surface area contributed by atoms with Crippen molar-refractivity contribution in [2.75, 3.05) is 0 Å². The molecule has 0 bridgehead atoms. The molecule has 0 aliphatic carbocycles. The van der Waals surface area contributed by atoms with E-state index in [0.29, 0.717) is 23.1 Å². The maximum Gasteiger partial charge on any atom is 0.138 e. The highest BCUT2D eigenvalue weighted by Gasteiger charge is 2.03. The van der Waals surface area contributed by atoms with E-state index in [1.165, 1.54) is 0 Å². The molecule has 3 aromatic carbocycles. The van der Waals surface area contributed by atoms with E-state index in [4.69, 9.17) is 16.3 Å². The lowest BCUT2D eigenvalue weighted by molar-refractivity contribution is 0.306. The van der Waals surface area contributed by atoms with Crippen LogP contribution in [0.1, 0.15) is 5.56 Å². The topological polar surface area (TPSA) is 34.0 Å². The molecule has 0 radical (unpaired) electrons. The van der Waals surface area contributed by atoms with Crippen LogP contribution in [0.25, 0.3) is 0 Å². The Morgan fingerprint density at radius 2 is 1.39 bits per heavy atom. The van der Waals surface area contributed by atoms with Crippen LogP contribution in [-0.2, 0) is 6.61 Å². The smallest absolute Gasteiger partial charge is 0.138 e. The summed E-state index contributed by atoms with van der Waals surface area (Å²) in [5, 5.41) is 8.87. The van der Waals surface area contributed by atoms with Gasteiger partial charge in [0.2, 0.25) is 0 Å². The van der Waals surface area contributed by atoms with Crippen molar-refractivity contribution in [2.45, 2.75) is 6.61 Å². The first-order chi connectivity index (χ1) is 11.3. The van der Waals surface area contributed by atoms with Gasteiger partial charge in [-0.15, -0.1) is 0 Å². The van der Waals surface area contributed by atoms with Crippen LogP contribution in [0.15, 0.2) is 89.1 Å². The maximum absolute atomic E-state index is 6.25. The van der Waals surface area contributed by atoms with Crippen molar-refractivity contribution in [1.82, 2.24) is 0 Å². The third-order valence-corrected chi connectivity index (χ3v) is 3.49.